The van der Waals surface area contributed by atoms with Crippen LogP contribution in [-0.4, -0.2) is 45.8 Å². The van der Waals surface area contributed by atoms with Gasteiger partial charge in [0.2, 0.25) is 5.91 Å². The Balaban J connectivity index is 2.16. The van der Waals surface area contributed by atoms with Gasteiger partial charge in [-0.1, -0.05) is 23.4 Å². The first-order valence-electron chi connectivity index (χ1n) is 6.38. The molecular weight excluding hydrogens is 426 g/mol. The van der Waals surface area contributed by atoms with E-state index >= 15 is 0 Å². The number of carboxylic acids is 1. The quantitative estimate of drug-likeness (QED) is 0.481. The molecule has 0 spiro atoms. The van der Waals surface area contributed by atoms with Crippen molar-refractivity contribution >= 4 is 62.6 Å². The van der Waals surface area contributed by atoms with Crippen LogP contribution in [0.2, 0.25) is 5.02 Å². The highest BCUT2D eigenvalue weighted by molar-refractivity contribution is 9.10. The number of nitrogens with one attached hydrogen (secondary N) is 1. The Morgan fingerprint density at radius 1 is 1.62 bits per heavy atom. The minimum Gasteiger partial charge on any atom is -0.503 e. The maximum Gasteiger partial charge on any atom is 0.305 e. The number of amidine groups is 1. The topological polar surface area (TPSA) is 121 Å². The predicted molar refractivity (Wildman–Crippen MR) is 94.2 cm³/mol. The summed E-state index contributed by atoms with van der Waals surface area (Å²) >= 11 is 10.2. The number of phenols is 1. The highest BCUT2D eigenvalue weighted by atomic mass is 79.9. The lowest BCUT2D eigenvalue weighted by molar-refractivity contribution is -0.138. The smallest absolute Gasteiger partial charge is 0.305 e. The van der Waals surface area contributed by atoms with E-state index in [9.17, 15) is 14.7 Å². The lowest BCUT2D eigenvalue weighted by Crippen LogP contribution is -2.26. The third-order valence-corrected chi connectivity index (χ3v) is 5.40. The summed E-state index contributed by atoms with van der Waals surface area (Å²) in [5.41, 5.74) is 0.496. The number of amides is 1. The van der Waals surface area contributed by atoms with Crippen molar-refractivity contribution < 1.29 is 24.5 Å². The van der Waals surface area contributed by atoms with E-state index in [-0.39, 0.29) is 28.1 Å². The van der Waals surface area contributed by atoms with Crippen LogP contribution in [0.5, 0.6) is 11.5 Å². The van der Waals surface area contributed by atoms with Crippen molar-refractivity contribution in [1.82, 2.24) is 5.32 Å². The van der Waals surface area contributed by atoms with Gasteiger partial charge in [-0.25, -0.2) is 0 Å². The van der Waals surface area contributed by atoms with E-state index in [0.717, 1.165) is 11.8 Å². The second kappa shape index (κ2) is 7.86. The first-order chi connectivity index (χ1) is 11.3. The molecular formula is C13H11BrClN3O5S. The molecule has 0 aliphatic carbocycles. The number of hydrogen-bond acceptors (Lipinski definition) is 7. The van der Waals surface area contributed by atoms with E-state index in [1.165, 1.54) is 19.4 Å². The molecule has 1 aliphatic heterocycles. The number of aliphatic carboxylic acids is 1. The summed E-state index contributed by atoms with van der Waals surface area (Å²) < 4.78 is 5.40. The molecule has 0 aromatic heterocycles. The zero-order chi connectivity index (χ0) is 17.9. The molecule has 1 aliphatic rings. The van der Waals surface area contributed by atoms with Gasteiger partial charge >= 0.3 is 5.97 Å². The SMILES string of the molecule is COc1cc(C=NN=C2NC(=O)C(CC(=O)O)S2)c(Br)c(Cl)c1O. The molecule has 8 nitrogen and oxygen atoms in total. The Kier molecular flexibility index (Phi) is 6.08. The van der Waals surface area contributed by atoms with Gasteiger partial charge in [0.25, 0.3) is 0 Å². The van der Waals surface area contributed by atoms with Crippen molar-refractivity contribution in [2.75, 3.05) is 7.11 Å². The second-order valence-electron chi connectivity index (χ2n) is 4.49. The summed E-state index contributed by atoms with van der Waals surface area (Å²) in [6.07, 6.45) is 1.05. The average molecular weight is 437 g/mol. The molecule has 24 heavy (non-hydrogen) atoms. The minimum atomic E-state index is -1.07. The van der Waals surface area contributed by atoms with Gasteiger partial charge in [-0.05, 0) is 22.0 Å². The first-order valence-corrected chi connectivity index (χ1v) is 8.43. The van der Waals surface area contributed by atoms with Crippen LogP contribution in [0.1, 0.15) is 12.0 Å². The summed E-state index contributed by atoms with van der Waals surface area (Å²) in [4.78, 5) is 22.2. The Labute approximate surface area is 154 Å². The molecule has 0 saturated carbocycles. The van der Waals surface area contributed by atoms with Crippen molar-refractivity contribution in [1.29, 1.82) is 0 Å². The number of aromatic hydroxyl groups is 1. The summed E-state index contributed by atoms with van der Waals surface area (Å²) in [6, 6.07) is 1.50. The Bertz CT molecular complexity index is 756. The number of carbonyl (C=O) groups is 2. The zero-order valence-electron chi connectivity index (χ0n) is 12.1. The standard InChI is InChI=1S/C13H11BrClN3O5S/c1-23-6-2-5(9(14)10(15)11(6)21)4-16-18-13-17-12(22)7(24-13)3-8(19)20/h2,4,7,21H,3H2,1H3,(H,19,20)(H,17,18,22). The Morgan fingerprint density at radius 2 is 2.33 bits per heavy atom. The number of benzene rings is 1. The molecule has 1 fully saturated rings. The van der Waals surface area contributed by atoms with Crippen LogP contribution in [0, 0.1) is 0 Å². The number of rotatable bonds is 5. The molecule has 2 rings (SSSR count). The molecule has 1 aromatic rings. The minimum absolute atomic E-state index is 0.0634. The molecule has 128 valence electrons. The number of carbonyl (C=O) groups excluding carboxylic acids is 1. The number of thioether (sulfide) groups is 1. The second-order valence-corrected chi connectivity index (χ2v) is 6.85. The number of carboxylic acid groups (broad SMARTS) is 1. The number of ether oxygens (including phenoxy) is 1. The fourth-order valence-corrected chi connectivity index (χ4v) is 3.27. The van der Waals surface area contributed by atoms with Crippen LogP contribution in [0.25, 0.3) is 0 Å². The Hall–Kier alpha value is -1.78. The lowest BCUT2D eigenvalue weighted by Gasteiger charge is -2.08. The molecule has 3 N–H and O–H groups in total. The summed E-state index contributed by atoms with van der Waals surface area (Å²) in [5, 5.41) is 28.1. The maximum absolute atomic E-state index is 11.6. The first kappa shape index (κ1) is 18.6. The van der Waals surface area contributed by atoms with E-state index in [2.05, 4.69) is 31.4 Å². The van der Waals surface area contributed by atoms with Gasteiger partial charge < -0.3 is 20.3 Å². The Morgan fingerprint density at radius 3 is 2.96 bits per heavy atom. The highest BCUT2D eigenvalue weighted by Gasteiger charge is 2.32. The van der Waals surface area contributed by atoms with E-state index in [4.69, 9.17) is 21.4 Å². The van der Waals surface area contributed by atoms with Gasteiger partial charge in [-0.15, -0.1) is 5.10 Å². The van der Waals surface area contributed by atoms with Crippen molar-refractivity contribution in [3.63, 3.8) is 0 Å². The number of phenolic OH excluding ortho intramolecular Hbond substituents is 1. The van der Waals surface area contributed by atoms with E-state index in [0.29, 0.717) is 10.0 Å². The van der Waals surface area contributed by atoms with Crippen LogP contribution in [-0.2, 0) is 9.59 Å². The average Bonchev–Trinajstić information content (AvgIpc) is 2.86. The van der Waals surface area contributed by atoms with Gasteiger partial charge in [0.1, 0.15) is 10.3 Å². The molecule has 1 aromatic carbocycles. The molecule has 1 heterocycles. The van der Waals surface area contributed by atoms with Gasteiger partial charge in [0.15, 0.2) is 16.7 Å². The normalized spacial score (nSPS) is 19.0. The summed E-state index contributed by atoms with van der Waals surface area (Å²) in [6.45, 7) is 0. The van der Waals surface area contributed by atoms with Gasteiger partial charge in [-0.3, -0.25) is 9.59 Å². The molecule has 1 saturated heterocycles. The van der Waals surface area contributed by atoms with Crippen molar-refractivity contribution in [3.05, 3.63) is 21.1 Å². The predicted octanol–water partition coefficient (Wildman–Crippen LogP) is 2.21. The monoisotopic (exact) mass is 435 g/mol. The van der Waals surface area contributed by atoms with Gasteiger partial charge in [-0.2, -0.15) is 5.10 Å². The fraction of sp³-hybridized carbons (Fsp3) is 0.231. The van der Waals surface area contributed by atoms with Crippen LogP contribution in [0.15, 0.2) is 20.7 Å². The molecule has 1 unspecified atom stereocenters. The van der Waals surface area contributed by atoms with E-state index in [1.54, 1.807) is 0 Å². The van der Waals surface area contributed by atoms with Gasteiger partial charge in [0.05, 0.1) is 19.7 Å². The number of methoxy groups -OCH3 is 1. The summed E-state index contributed by atoms with van der Waals surface area (Å²) in [7, 11) is 1.38. The number of hydrogen-bond donors (Lipinski definition) is 3. The fourth-order valence-electron chi connectivity index (χ4n) is 1.75. The van der Waals surface area contributed by atoms with Crippen LogP contribution >= 0.6 is 39.3 Å². The number of halogens is 2. The molecule has 0 bridgehead atoms. The molecule has 1 atom stereocenters. The molecule has 0 radical (unpaired) electrons. The summed E-state index contributed by atoms with van der Waals surface area (Å²) in [5.74, 6) is -1.53. The largest absolute Gasteiger partial charge is 0.503 e. The van der Waals surface area contributed by atoms with Crippen LogP contribution in [0.4, 0.5) is 0 Å². The third-order valence-electron chi connectivity index (χ3n) is 2.88. The lowest BCUT2D eigenvalue weighted by atomic mass is 10.2. The molecule has 11 heteroatoms. The van der Waals surface area contributed by atoms with Crippen molar-refractivity contribution in [3.8, 4) is 11.5 Å². The van der Waals surface area contributed by atoms with E-state index < -0.39 is 17.1 Å². The third kappa shape index (κ3) is 4.19. The van der Waals surface area contributed by atoms with Gasteiger partial charge in [0, 0.05) is 10.0 Å². The van der Waals surface area contributed by atoms with E-state index in [1.807, 2.05) is 0 Å². The van der Waals surface area contributed by atoms with Crippen molar-refractivity contribution in [2.24, 2.45) is 10.2 Å². The van der Waals surface area contributed by atoms with Crippen molar-refractivity contribution in [2.45, 2.75) is 11.7 Å². The highest BCUT2D eigenvalue weighted by Crippen LogP contribution is 2.40. The zero-order valence-corrected chi connectivity index (χ0v) is 15.3. The molecule has 1 amide bonds. The maximum atomic E-state index is 11.6. The van der Waals surface area contributed by atoms with Crippen LogP contribution < -0.4 is 10.1 Å². The number of nitrogens with zero attached hydrogens (tertiary/aromatic N) is 2. The van der Waals surface area contributed by atoms with Crippen LogP contribution in [0.3, 0.4) is 0 Å².